The molecule has 0 aliphatic carbocycles. The van der Waals surface area contributed by atoms with E-state index in [0.29, 0.717) is 0 Å². The van der Waals surface area contributed by atoms with E-state index in [0.717, 1.165) is 0 Å². The van der Waals surface area contributed by atoms with E-state index in [9.17, 15) is 5.11 Å². The number of aliphatic hydroxyl groups excluding tert-OH is 1. The van der Waals surface area contributed by atoms with E-state index in [1.807, 2.05) is 25.1 Å². The summed E-state index contributed by atoms with van der Waals surface area (Å²) in [5.74, 6) is -0.445. The third-order valence-corrected chi connectivity index (χ3v) is 8.51. The van der Waals surface area contributed by atoms with Crippen LogP contribution in [-0.2, 0) is 0 Å². The largest absolute Gasteiger partial charge is 1.00 e. The van der Waals surface area contributed by atoms with Gasteiger partial charge in [-0.25, -0.2) is 0 Å². The van der Waals surface area contributed by atoms with Crippen LogP contribution in [0.15, 0.2) is 91.0 Å². The summed E-state index contributed by atoms with van der Waals surface area (Å²) in [6.45, 7) is 1.92. The van der Waals surface area contributed by atoms with Gasteiger partial charge in [-0.2, -0.15) is 0 Å². The van der Waals surface area contributed by atoms with Crippen LogP contribution in [-0.4, -0.2) is 11.0 Å². The fourth-order valence-corrected chi connectivity index (χ4v) is 7.20. The topological polar surface area (TPSA) is 20.2 Å². The van der Waals surface area contributed by atoms with Crippen molar-refractivity contribution in [3.63, 3.8) is 0 Å². The van der Waals surface area contributed by atoms with Crippen LogP contribution in [0, 0.1) is 0 Å². The maximum absolute atomic E-state index is 10.9. The maximum Gasteiger partial charge on any atom is 0.175 e. The zero-order valence-corrected chi connectivity index (χ0v) is 14.7. The van der Waals surface area contributed by atoms with E-state index in [1.54, 1.807) is 0 Å². The van der Waals surface area contributed by atoms with Crippen LogP contribution < -0.4 is 28.3 Å². The molecule has 0 fully saturated rings. The van der Waals surface area contributed by atoms with Gasteiger partial charge in [0.15, 0.2) is 5.85 Å². The average molecular weight is 343 g/mol. The third kappa shape index (κ3) is 3.19. The van der Waals surface area contributed by atoms with Crippen molar-refractivity contribution in [2.45, 2.75) is 12.8 Å². The van der Waals surface area contributed by atoms with E-state index in [1.165, 1.54) is 15.9 Å². The van der Waals surface area contributed by atoms with Crippen LogP contribution in [0.3, 0.4) is 0 Å². The number of hydrogen-bond acceptors (Lipinski definition) is 1. The minimum absolute atomic E-state index is 0. The molecule has 1 nitrogen and oxygen atoms in total. The molecule has 3 rings (SSSR count). The van der Waals surface area contributed by atoms with E-state index >= 15 is 0 Å². The highest BCUT2D eigenvalue weighted by molar-refractivity contribution is 7.96. The summed E-state index contributed by atoms with van der Waals surface area (Å²) >= 11 is 0. The molecule has 23 heavy (non-hydrogen) atoms. The summed E-state index contributed by atoms with van der Waals surface area (Å²) < 4.78 is 0. The van der Waals surface area contributed by atoms with E-state index in [2.05, 4.69) is 72.8 Å². The highest BCUT2D eigenvalue weighted by atomic mass is 35.5. The molecule has 0 aliphatic rings. The van der Waals surface area contributed by atoms with Gasteiger partial charge < -0.3 is 17.5 Å². The molecular weight excluding hydrogens is 323 g/mol. The van der Waals surface area contributed by atoms with Crippen LogP contribution in [0.25, 0.3) is 0 Å². The van der Waals surface area contributed by atoms with Crippen molar-refractivity contribution in [3.05, 3.63) is 91.0 Å². The van der Waals surface area contributed by atoms with Crippen molar-refractivity contribution in [3.8, 4) is 0 Å². The molecule has 0 aliphatic heterocycles. The molecule has 1 N–H and O–H groups in total. The zero-order chi connectivity index (χ0) is 15.4. The van der Waals surface area contributed by atoms with E-state index in [-0.39, 0.29) is 12.4 Å². The van der Waals surface area contributed by atoms with Gasteiger partial charge in [0.05, 0.1) is 0 Å². The van der Waals surface area contributed by atoms with Crippen molar-refractivity contribution in [1.82, 2.24) is 0 Å². The number of aliphatic hydroxyl groups is 1. The lowest BCUT2D eigenvalue weighted by atomic mass is 10.4. The first kappa shape index (κ1) is 17.7. The second-order valence-electron chi connectivity index (χ2n) is 5.36. The molecule has 3 aromatic rings. The molecule has 0 amide bonds. The quantitative estimate of drug-likeness (QED) is 0.677. The Bertz CT molecular complexity index is 618. The fourth-order valence-electron chi connectivity index (χ4n) is 3.08. The van der Waals surface area contributed by atoms with E-state index < -0.39 is 13.1 Å². The van der Waals surface area contributed by atoms with Crippen molar-refractivity contribution in [2.75, 3.05) is 0 Å². The summed E-state index contributed by atoms with van der Waals surface area (Å²) in [6, 6.07) is 31.2. The lowest BCUT2D eigenvalue weighted by Crippen LogP contribution is -3.00. The first-order chi connectivity index (χ1) is 10.8. The normalized spacial score (nSPS) is 12.3. The Morgan fingerprint density at radius 3 is 1.09 bits per heavy atom. The average Bonchev–Trinajstić information content (AvgIpc) is 2.58. The van der Waals surface area contributed by atoms with Crippen molar-refractivity contribution in [1.29, 1.82) is 0 Å². The van der Waals surface area contributed by atoms with Crippen molar-refractivity contribution >= 4 is 23.2 Å². The van der Waals surface area contributed by atoms with Crippen LogP contribution in [0.5, 0.6) is 0 Å². The molecule has 0 heterocycles. The first-order valence-corrected chi connectivity index (χ1v) is 9.35. The van der Waals surface area contributed by atoms with Crippen molar-refractivity contribution in [2.24, 2.45) is 0 Å². The standard InChI is InChI=1S/C20H20OP.ClH/c1-17(21)22(18-11-5-2-6-12-18,19-13-7-3-8-14-19)20-15-9-4-10-16-20;/h2-17,21H,1H3;1H/q+1;/p-1. The van der Waals surface area contributed by atoms with Gasteiger partial charge in [-0.1, -0.05) is 54.6 Å². The molecule has 1 unspecified atom stereocenters. The smallest absolute Gasteiger partial charge is 0.175 e. The number of halogens is 1. The van der Waals surface area contributed by atoms with Crippen LogP contribution in [0.2, 0.25) is 0 Å². The fraction of sp³-hybridized carbons (Fsp3) is 0.100. The first-order valence-electron chi connectivity index (χ1n) is 7.50. The lowest BCUT2D eigenvalue weighted by Gasteiger charge is -2.29. The van der Waals surface area contributed by atoms with Gasteiger partial charge in [-0.05, 0) is 43.3 Å². The maximum atomic E-state index is 10.9. The molecule has 0 bridgehead atoms. The molecule has 1 atom stereocenters. The minimum Gasteiger partial charge on any atom is -1.00 e. The molecule has 0 radical (unpaired) electrons. The van der Waals surface area contributed by atoms with Gasteiger partial charge in [-0.15, -0.1) is 0 Å². The van der Waals surface area contributed by atoms with Gasteiger partial charge in [0, 0.05) is 0 Å². The summed E-state index contributed by atoms with van der Waals surface area (Å²) in [7, 11) is -2.07. The van der Waals surface area contributed by atoms with Gasteiger partial charge in [-0.3, -0.25) is 0 Å². The Kier molecular flexibility index (Phi) is 5.96. The number of rotatable bonds is 4. The zero-order valence-electron chi connectivity index (χ0n) is 13.0. The summed E-state index contributed by atoms with van der Waals surface area (Å²) in [6.07, 6.45) is 0. The van der Waals surface area contributed by atoms with Gasteiger partial charge in [0.25, 0.3) is 0 Å². The Hall–Kier alpha value is -1.66. The Labute approximate surface area is 144 Å². The van der Waals surface area contributed by atoms with Gasteiger partial charge >= 0.3 is 0 Å². The highest BCUT2D eigenvalue weighted by Gasteiger charge is 2.49. The monoisotopic (exact) mass is 342 g/mol. The van der Waals surface area contributed by atoms with E-state index in [4.69, 9.17) is 0 Å². The molecule has 118 valence electrons. The molecule has 3 heteroatoms. The molecule has 3 aromatic carbocycles. The second-order valence-corrected chi connectivity index (χ2v) is 9.10. The molecule has 0 saturated carbocycles. The molecular formula is C20H20ClOP. The van der Waals surface area contributed by atoms with Gasteiger partial charge in [0.1, 0.15) is 23.2 Å². The number of benzene rings is 3. The third-order valence-electron chi connectivity index (χ3n) is 4.05. The Morgan fingerprint density at radius 2 is 0.870 bits per heavy atom. The SMILES string of the molecule is CC(O)[P+](c1ccccc1)(c1ccccc1)c1ccccc1.[Cl-]. The van der Waals surface area contributed by atoms with Crippen LogP contribution >= 0.6 is 7.26 Å². The van der Waals surface area contributed by atoms with Gasteiger partial charge in [0.2, 0.25) is 0 Å². The summed E-state index contributed by atoms with van der Waals surface area (Å²) in [5.41, 5.74) is 0. The van der Waals surface area contributed by atoms with Crippen molar-refractivity contribution < 1.29 is 17.5 Å². The number of hydrogen-bond donors (Lipinski definition) is 1. The molecule has 0 spiro atoms. The predicted octanol–water partition coefficient (Wildman–Crippen LogP) is 0.323. The Balaban J connectivity index is 0.00000192. The van der Waals surface area contributed by atoms with Crippen LogP contribution in [0.4, 0.5) is 0 Å². The second kappa shape index (κ2) is 7.75. The highest BCUT2D eigenvalue weighted by Crippen LogP contribution is 2.58. The molecule has 0 saturated heterocycles. The predicted molar refractivity (Wildman–Crippen MR) is 96.8 cm³/mol. The van der Waals surface area contributed by atoms with Crippen LogP contribution in [0.1, 0.15) is 6.92 Å². The lowest BCUT2D eigenvalue weighted by molar-refractivity contribution is -0.00000568. The minimum atomic E-state index is -2.07. The summed E-state index contributed by atoms with van der Waals surface area (Å²) in [5, 5.41) is 14.5. The summed E-state index contributed by atoms with van der Waals surface area (Å²) in [4.78, 5) is 0. The molecule has 0 aromatic heterocycles. The Morgan fingerprint density at radius 1 is 0.609 bits per heavy atom.